The third-order valence-electron chi connectivity index (χ3n) is 6.48. The van der Waals surface area contributed by atoms with Gasteiger partial charge in [-0.15, -0.1) is 0 Å². The van der Waals surface area contributed by atoms with Crippen molar-refractivity contribution >= 4 is 11.9 Å². The van der Waals surface area contributed by atoms with Crippen LogP contribution >= 0.6 is 0 Å². The molecule has 0 N–H and O–H groups in total. The number of aryl methyl sites for hydroxylation is 1. The molecule has 1 fully saturated rings. The number of rotatable bonds is 10. The van der Waals surface area contributed by atoms with Crippen molar-refractivity contribution in [1.29, 1.82) is 0 Å². The van der Waals surface area contributed by atoms with Crippen molar-refractivity contribution in [3.05, 3.63) is 41.0 Å². The largest absolute Gasteiger partial charge is 0.376 e. The van der Waals surface area contributed by atoms with E-state index in [9.17, 15) is 4.79 Å². The number of hydrogen-bond donors (Lipinski definition) is 0. The van der Waals surface area contributed by atoms with Crippen LogP contribution in [0.25, 0.3) is 6.08 Å². The van der Waals surface area contributed by atoms with Gasteiger partial charge in [-0.05, 0) is 76.9 Å². The van der Waals surface area contributed by atoms with E-state index in [1.165, 1.54) is 31.3 Å². The molecule has 2 rings (SSSR count). The van der Waals surface area contributed by atoms with Crippen molar-refractivity contribution in [2.45, 2.75) is 134 Å². The van der Waals surface area contributed by atoms with Gasteiger partial charge in [0.15, 0.2) is 0 Å². The summed E-state index contributed by atoms with van der Waals surface area (Å²) in [5.41, 5.74) is 3.20. The highest BCUT2D eigenvalue weighted by Crippen LogP contribution is 2.27. The van der Waals surface area contributed by atoms with Gasteiger partial charge in [0.2, 0.25) is 5.78 Å². The predicted molar refractivity (Wildman–Crippen MR) is 161 cm³/mol. The standard InChI is InChI=1S/C25H40N2O2.C4H8.C4H10/c1-10-20(17-29-25(7,8)9)13-11-12-14-23(28)22-16-26-21(19(3)27-22)15-18(2)24(4,5)6;1-4-2-3-4;1-3-4-2/h12,14-16,20H,10-11,13,17H2,1-9H3;4H,2-3H2,1H3;3-4H2,1-2H3/b14-12+,18-15+;;/t20-;;/m1../s1. The number of ether oxygens (including phenoxy) is 1. The van der Waals surface area contributed by atoms with Crippen LogP contribution in [-0.4, -0.2) is 28.0 Å². The van der Waals surface area contributed by atoms with Gasteiger partial charge < -0.3 is 4.74 Å². The van der Waals surface area contributed by atoms with Crippen molar-refractivity contribution in [1.82, 2.24) is 9.97 Å². The van der Waals surface area contributed by atoms with Crippen LogP contribution in [0.5, 0.6) is 0 Å². The minimum absolute atomic E-state index is 0.0830. The smallest absolute Gasteiger partial charge is 0.205 e. The number of nitrogens with zero attached hydrogens (tertiary/aromatic N) is 2. The van der Waals surface area contributed by atoms with Crippen LogP contribution in [0.1, 0.15) is 143 Å². The second-order valence-electron chi connectivity index (χ2n) is 12.5. The van der Waals surface area contributed by atoms with E-state index < -0.39 is 0 Å². The summed E-state index contributed by atoms with van der Waals surface area (Å²) >= 11 is 0. The summed E-state index contributed by atoms with van der Waals surface area (Å²) in [7, 11) is 0. The Morgan fingerprint density at radius 1 is 1.11 bits per heavy atom. The van der Waals surface area contributed by atoms with Gasteiger partial charge in [0, 0.05) is 0 Å². The summed E-state index contributed by atoms with van der Waals surface area (Å²) in [4.78, 5) is 21.4. The Kier molecular flexibility index (Phi) is 16.8. The van der Waals surface area contributed by atoms with Crippen LogP contribution in [-0.2, 0) is 4.74 Å². The molecule has 1 heterocycles. The average molecular weight is 515 g/mol. The molecular weight excluding hydrogens is 456 g/mol. The molecule has 1 aliphatic rings. The van der Waals surface area contributed by atoms with Crippen molar-refractivity contribution in [2.24, 2.45) is 17.3 Å². The van der Waals surface area contributed by atoms with Crippen LogP contribution in [0.3, 0.4) is 0 Å². The maximum Gasteiger partial charge on any atom is 0.205 e. The predicted octanol–water partition coefficient (Wildman–Crippen LogP) is 9.82. The lowest BCUT2D eigenvalue weighted by molar-refractivity contribution is -0.0238. The molecule has 1 aromatic rings. The van der Waals surface area contributed by atoms with Gasteiger partial charge in [-0.25, -0.2) is 4.98 Å². The summed E-state index contributed by atoms with van der Waals surface area (Å²) in [6.45, 7) is 26.3. The van der Waals surface area contributed by atoms with Gasteiger partial charge in [-0.1, -0.05) is 92.2 Å². The summed E-state index contributed by atoms with van der Waals surface area (Å²) in [5, 5.41) is 0. The van der Waals surface area contributed by atoms with Crippen LogP contribution in [0.15, 0.2) is 23.9 Å². The van der Waals surface area contributed by atoms with Crippen LogP contribution in [0.4, 0.5) is 0 Å². The number of allylic oxidation sites excluding steroid dienone is 3. The number of carbonyl (C=O) groups excluding carboxylic acids is 1. The Balaban J connectivity index is 0.00000138. The lowest BCUT2D eigenvalue weighted by atomic mass is 9.87. The fourth-order valence-corrected chi connectivity index (χ4v) is 2.72. The Labute approximate surface area is 229 Å². The maximum atomic E-state index is 12.4. The SMILES string of the molecule is CC1CC1.CCCC.CC[C@H](CC/C=C/C(=O)c1cnc(/C=C(\C)C(C)(C)C)c(C)n1)COC(C)(C)C. The molecule has 0 bridgehead atoms. The third kappa shape index (κ3) is 18.1. The van der Waals surface area contributed by atoms with Gasteiger partial charge in [0.1, 0.15) is 5.69 Å². The molecule has 0 saturated heterocycles. The van der Waals surface area contributed by atoms with Gasteiger partial charge in [0.05, 0.1) is 29.8 Å². The maximum absolute atomic E-state index is 12.4. The first-order valence-corrected chi connectivity index (χ1v) is 14.5. The summed E-state index contributed by atoms with van der Waals surface area (Å²) in [6, 6.07) is 0. The molecule has 1 aromatic heterocycles. The van der Waals surface area contributed by atoms with Gasteiger partial charge in [-0.3, -0.25) is 9.78 Å². The van der Waals surface area contributed by atoms with E-state index in [0.29, 0.717) is 11.6 Å². The monoisotopic (exact) mass is 514 g/mol. The fraction of sp³-hybridized carbons (Fsp3) is 0.727. The zero-order chi connectivity index (χ0) is 28.6. The average Bonchev–Trinajstić information content (AvgIpc) is 3.60. The molecule has 0 aliphatic heterocycles. The van der Waals surface area contributed by atoms with Crippen molar-refractivity contribution < 1.29 is 9.53 Å². The molecule has 1 aliphatic carbocycles. The molecule has 0 spiro atoms. The lowest BCUT2D eigenvalue weighted by Crippen LogP contribution is -2.23. The van der Waals surface area contributed by atoms with E-state index in [-0.39, 0.29) is 16.8 Å². The lowest BCUT2D eigenvalue weighted by Gasteiger charge is -2.23. The molecule has 4 heteroatoms. The summed E-state index contributed by atoms with van der Waals surface area (Å²) < 4.78 is 5.89. The summed E-state index contributed by atoms with van der Waals surface area (Å²) in [5.74, 6) is 1.50. The summed E-state index contributed by atoms with van der Waals surface area (Å²) in [6.07, 6.45) is 15.7. The molecule has 0 unspecified atom stereocenters. The van der Waals surface area contributed by atoms with Gasteiger partial charge in [0.25, 0.3) is 0 Å². The van der Waals surface area contributed by atoms with Crippen LogP contribution in [0, 0.1) is 24.2 Å². The topological polar surface area (TPSA) is 52.1 Å². The number of carbonyl (C=O) groups is 1. The molecule has 4 nitrogen and oxygen atoms in total. The second kappa shape index (κ2) is 17.7. The van der Waals surface area contributed by atoms with Crippen LogP contribution in [0.2, 0.25) is 0 Å². The van der Waals surface area contributed by atoms with E-state index >= 15 is 0 Å². The molecule has 0 radical (unpaired) electrons. The van der Waals surface area contributed by atoms with E-state index in [2.05, 4.69) is 92.2 Å². The first-order valence-electron chi connectivity index (χ1n) is 14.5. The van der Waals surface area contributed by atoms with Crippen LogP contribution < -0.4 is 0 Å². The van der Waals surface area contributed by atoms with Crippen molar-refractivity contribution in [3.8, 4) is 0 Å². The molecule has 37 heavy (non-hydrogen) atoms. The second-order valence-corrected chi connectivity index (χ2v) is 12.5. The quantitative estimate of drug-likeness (QED) is 0.230. The minimum atomic E-state index is -0.109. The first-order chi connectivity index (χ1) is 17.1. The zero-order valence-electron chi connectivity index (χ0n) is 26.3. The Bertz CT molecular complexity index is 835. The number of ketones is 1. The molecule has 0 aromatic carbocycles. The fourth-order valence-electron chi connectivity index (χ4n) is 2.72. The highest BCUT2D eigenvalue weighted by atomic mass is 16.5. The zero-order valence-corrected chi connectivity index (χ0v) is 26.3. The molecule has 212 valence electrons. The Hall–Kier alpha value is -1.81. The van der Waals surface area contributed by atoms with E-state index in [0.717, 1.165) is 43.2 Å². The van der Waals surface area contributed by atoms with Gasteiger partial charge in [-0.2, -0.15) is 0 Å². The molecular formula is C33H58N2O2. The number of unbranched alkanes of at least 4 members (excludes halogenated alkanes) is 1. The Morgan fingerprint density at radius 2 is 1.68 bits per heavy atom. The molecule has 1 saturated carbocycles. The molecule has 1 atom stereocenters. The minimum Gasteiger partial charge on any atom is -0.376 e. The number of hydrogen-bond acceptors (Lipinski definition) is 4. The number of aromatic nitrogens is 2. The highest BCUT2D eigenvalue weighted by molar-refractivity contribution is 6.02. The van der Waals surface area contributed by atoms with E-state index in [1.807, 2.05) is 13.0 Å². The van der Waals surface area contributed by atoms with Gasteiger partial charge >= 0.3 is 0 Å². The normalized spacial score (nSPS) is 15.0. The van der Waals surface area contributed by atoms with Crippen molar-refractivity contribution in [3.63, 3.8) is 0 Å². The third-order valence-corrected chi connectivity index (χ3v) is 6.48. The first kappa shape index (κ1) is 35.2. The molecule has 0 amide bonds. The van der Waals surface area contributed by atoms with E-state index in [1.54, 1.807) is 12.3 Å². The Morgan fingerprint density at radius 3 is 2.08 bits per heavy atom. The van der Waals surface area contributed by atoms with Crippen molar-refractivity contribution in [2.75, 3.05) is 6.61 Å². The van der Waals surface area contributed by atoms with E-state index in [4.69, 9.17) is 4.74 Å². The highest BCUT2D eigenvalue weighted by Gasteiger charge is 2.15.